The highest BCUT2D eigenvalue weighted by atomic mass is 16.4. The van der Waals surface area contributed by atoms with Crippen LogP contribution < -0.4 is 5.32 Å². The summed E-state index contributed by atoms with van der Waals surface area (Å²) in [6.45, 7) is 3.98. The number of nitrogens with one attached hydrogen (secondary N) is 1. The minimum atomic E-state index is -0.722. The molecule has 0 saturated carbocycles. The predicted octanol–water partition coefficient (Wildman–Crippen LogP) is 0.143. The molecule has 2 N–H and O–H groups in total. The lowest BCUT2D eigenvalue weighted by atomic mass is 10.2. The van der Waals surface area contributed by atoms with Crippen molar-refractivity contribution in [2.45, 2.75) is 31.8 Å². The average molecular weight is 186 g/mol. The summed E-state index contributed by atoms with van der Waals surface area (Å²) in [5.41, 5.74) is 0. The van der Waals surface area contributed by atoms with E-state index in [0.717, 1.165) is 19.5 Å². The van der Waals surface area contributed by atoms with Crippen molar-refractivity contribution in [3.8, 4) is 0 Å². The molecule has 4 heteroatoms. The first-order valence-corrected chi connectivity index (χ1v) is 4.74. The fraction of sp³-hybridized carbons (Fsp3) is 0.889. The third-order valence-electron chi connectivity index (χ3n) is 2.42. The van der Waals surface area contributed by atoms with Crippen LogP contribution in [0.5, 0.6) is 0 Å². The molecule has 1 saturated heterocycles. The Hall–Kier alpha value is -0.610. The van der Waals surface area contributed by atoms with Crippen LogP contribution in [0, 0.1) is 0 Å². The molecule has 0 spiro atoms. The maximum atomic E-state index is 10.5. The monoisotopic (exact) mass is 186 g/mol. The van der Waals surface area contributed by atoms with Gasteiger partial charge in [0.25, 0.3) is 0 Å². The number of hydrogen-bond donors (Lipinski definition) is 2. The molecule has 13 heavy (non-hydrogen) atoms. The van der Waals surface area contributed by atoms with Crippen LogP contribution >= 0.6 is 0 Å². The average Bonchev–Trinajstić information content (AvgIpc) is 2.11. The van der Waals surface area contributed by atoms with E-state index < -0.39 is 5.97 Å². The van der Waals surface area contributed by atoms with E-state index >= 15 is 0 Å². The lowest BCUT2D eigenvalue weighted by Crippen LogP contribution is -2.40. The third-order valence-corrected chi connectivity index (χ3v) is 2.42. The van der Waals surface area contributed by atoms with Crippen LogP contribution in [-0.2, 0) is 4.79 Å². The molecule has 1 aliphatic rings. The van der Waals surface area contributed by atoms with Gasteiger partial charge in [-0.1, -0.05) is 0 Å². The molecule has 0 aromatic heterocycles. The molecule has 0 aliphatic carbocycles. The zero-order valence-corrected chi connectivity index (χ0v) is 8.29. The lowest BCUT2D eigenvalue weighted by molar-refractivity contribution is -0.137. The normalized spacial score (nSPS) is 31.2. The van der Waals surface area contributed by atoms with Gasteiger partial charge in [0.05, 0.1) is 6.42 Å². The molecule has 0 radical (unpaired) electrons. The topological polar surface area (TPSA) is 52.6 Å². The Morgan fingerprint density at radius 2 is 2.38 bits per heavy atom. The highest BCUT2D eigenvalue weighted by Gasteiger charge is 2.20. The Morgan fingerprint density at radius 3 is 3.00 bits per heavy atom. The zero-order valence-electron chi connectivity index (χ0n) is 8.29. The molecule has 0 aromatic rings. The largest absolute Gasteiger partial charge is 0.481 e. The number of likely N-dealkylation sites (N-methyl/N-ethyl adjacent to an activating group) is 1. The van der Waals surface area contributed by atoms with E-state index in [0.29, 0.717) is 6.04 Å². The summed E-state index contributed by atoms with van der Waals surface area (Å²) in [6, 6.07) is 0.522. The number of carbonyl (C=O) groups is 1. The first-order valence-electron chi connectivity index (χ1n) is 4.74. The van der Waals surface area contributed by atoms with E-state index in [4.69, 9.17) is 5.11 Å². The smallest absolute Gasteiger partial charge is 0.304 e. The van der Waals surface area contributed by atoms with Crippen molar-refractivity contribution in [2.24, 2.45) is 0 Å². The van der Waals surface area contributed by atoms with Gasteiger partial charge in [0.1, 0.15) is 0 Å². The molecule has 2 unspecified atom stereocenters. The number of hydrogen-bond acceptors (Lipinski definition) is 3. The van der Waals surface area contributed by atoms with E-state index in [9.17, 15) is 4.79 Å². The molecular formula is C9H18N2O2. The van der Waals surface area contributed by atoms with E-state index in [1.54, 1.807) is 0 Å². The van der Waals surface area contributed by atoms with Gasteiger partial charge in [0.2, 0.25) is 0 Å². The fourth-order valence-electron chi connectivity index (χ4n) is 1.75. The number of nitrogens with zero attached hydrogens (tertiary/aromatic N) is 1. The Morgan fingerprint density at radius 1 is 1.69 bits per heavy atom. The standard InChI is InChI=1S/C9H18N2O2/c1-7-3-4-11(2)6-8(10-7)5-9(12)13/h7-8,10H,3-6H2,1-2H3,(H,12,13). The van der Waals surface area contributed by atoms with E-state index in [1.807, 2.05) is 7.05 Å². The molecule has 76 valence electrons. The third kappa shape index (κ3) is 3.74. The highest BCUT2D eigenvalue weighted by Crippen LogP contribution is 2.05. The summed E-state index contributed by atoms with van der Waals surface area (Å²) in [6.07, 6.45) is 1.31. The van der Waals surface area contributed by atoms with E-state index in [2.05, 4.69) is 17.1 Å². The summed E-state index contributed by atoms with van der Waals surface area (Å²) < 4.78 is 0. The van der Waals surface area contributed by atoms with Gasteiger partial charge < -0.3 is 15.3 Å². The quantitative estimate of drug-likeness (QED) is 0.644. The Labute approximate surface area is 78.9 Å². The molecule has 1 rings (SSSR count). The van der Waals surface area contributed by atoms with Crippen LogP contribution in [0.4, 0.5) is 0 Å². The molecule has 1 heterocycles. The lowest BCUT2D eigenvalue weighted by Gasteiger charge is -2.19. The highest BCUT2D eigenvalue weighted by molar-refractivity contribution is 5.67. The van der Waals surface area contributed by atoms with E-state index in [1.165, 1.54) is 0 Å². The minimum absolute atomic E-state index is 0.0972. The van der Waals surface area contributed by atoms with Gasteiger partial charge in [-0.2, -0.15) is 0 Å². The maximum Gasteiger partial charge on any atom is 0.304 e. The summed E-state index contributed by atoms with van der Waals surface area (Å²) in [4.78, 5) is 12.7. The van der Waals surface area contributed by atoms with E-state index in [-0.39, 0.29) is 12.5 Å². The molecular weight excluding hydrogens is 168 g/mol. The Balaban J connectivity index is 2.46. The van der Waals surface area contributed by atoms with Crippen molar-refractivity contribution >= 4 is 5.97 Å². The molecule has 0 amide bonds. The van der Waals surface area contributed by atoms with Crippen LogP contribution in [0.3, 0.4) is 0 Å². The summed E-state index contributed by atoms with van der Waals surface area (Å²) in [7, 11) is 2.04. The second-order valence-corrected chi connectivity index (χ2v) is 3.91. The van der Waals surface area contributed by atoms with Gasteiger partial charge >= 0.3 is 5.97 Å². The molecule has 1 fully saturated rings. The second kappa shape index (κ2) is 4.58. The van der Waals surface area contributed by atoms with Crippen molar-refractivity contribution in [3.05, 3.63) is 0 Å². The summed E-state index contributed by atoms with van der Waals surface area (Å²) >= 11 is 0. The van der Waals surface area contributed by atoms with Crippen molar-refractivity contribution in [1.29, 1.82) is 0 Å². The molecule has 2 atom stereocenters. The molecule has 4 nitrogen and oxygen atoms in total. The molecule has 0 aromatic carbocycles. The fourth-order valence-corrected chi connectivity index (χ4v) is 1.75. The van der Waals surface area contributed by atoms with Gasteiger partial charge in [0, 0.05) is 18.6 Å². The SMILES string of the molecule is CC1CCN(C)CC(CC(=O)O)N1. The zero-order chi connectivity index (χ0) is 9.84. The summed E-state index contributed by atoms with van der Waals surface area (Å²) in [5, 5.41) is 12.0. The van der Waals surface area contributed by atoms with Gasteiger partial charge in [-0.15, -0.1) is 0 Å². The van der Waals surface area contributed by atoms with Crippen molar-refractivity contribution in [3.63, 3.8) is 0 Å². The Bertz CT molecular complexity index is 172. The number of rotatable bonds is 2. The predicted molar refractivity (Wildman–Crippen MR) is 50.8 cm³/mol. The first-order chi connectivity index (χ1) is 6.08. The number of carboxylic acid groups (broad SMARTS) is 1. The van der Waals surface area contributed by atoms with Crippen LogP contribution in [0.2, 0.25) is 0 Å². The van der Waals surface area contributed by atoms with Crippen molar-refractivity contribution in [2.75, 3.05) is 20.1 Å². The van der Waals surface area contributed by atoms with Gasteiger partial charge in [0.15, 0.2) is 0 Å². The van der Waals surface area contributed by atoms with Crippen molar-refractivity contribution in [1.82, 2.24) is 10.2 Å². The summed E-state index contributed by atoms with van der Waals surface area (Å²) in [5.74, 6) is -0.722. The van der Waals surface area contributed by atoms with Gasteiger partial charge in [-0.25, -0.2) is 0 Å². The number of aliphatic carboxylic acids is 1. The Kier molecular flexibility index (Phi) is 3.69. The number of carboxylic acids is 1. The second-order valence-electron chi connectivity index (χ2n) is 3.91. The van der Waals surface area contributed by atoms with Crippen molar-refractivity contribution < 1.29 is 9.90 Å². The maximum absolute atomic E-state index is 10.5. The van der Waals surface area contributed by atoms with Crippen LogP contribution in [0.1, 0.15) is 19.8 Å². The van der Waals surface area contributed by atoms with Gasteiger partial charge in [-0.3, -0.25) is 4.79 Å². The van der Waals surface area contributed by atoms with Crippen LogP contribution in [0.25, 0.3) is 0 Å². The van der Waals surface area contributed by atoms with Crippen LogP contribution in [0.15, 0.2) is 0 Å². The van der Waals surface area contributed by atoms with Gasteiger partial charge in [-0.05, 0) is 26.9 Å². The van der Waals surface area contributed by atoms with Crippen LogP contribution in [-0.4, -0.2) is 48.2 Å². The minimum Gasteiger partial charge on any atom is -0.481 e. The first kappa shape index (κ1) is 10.5. The molecule has 1 aliphatic heterocycles. The molecule has 0 bridgehead atoms.